The minimum atomic E-state index is -0.311. The van der Waals surface area contributed by atoms with Crippen LogP contribution in [0.5, 0.6) is 0 Å². The molecule has 1 aromatic heterocycles. The van der Waals surface area contributed by atoms with E-state index >= 15 is 0 Å². The molecule has 0 bridgehead atoms. The van der Waals surface area contributed by atoms with Gasteiger partial charge < -0.3 is 15.1 Å². The Labute approximate surface area is 181 Å². The van der Waals surface area contributed by atoms with E-state index in [9.17, 15) is 14.0 Å². The Hall–Kier alpha value is -3.45. The van der Waals surface area contributed by atoms with Gasteiger partial charge in [0.1, 0.15) is 11.6 Å². The average molecular weight is 423 g/mol. The van der Waals surface area contributed by atoms with Gasteiger partial charge in [0, 0.05) is 19.2 Å². The molecular formula is C24H26FN3O3. The van der Waals surface area contributed by atoms with Gasteiger partial charge in [-0.05, 0) is 54.4 Å². The number of hydrogen-bond donors (Lipinski definition) is 2. The van der Waals surface area contributed by atoms with E-state index in [0.29, 0.717) is 18.7 Å². The van der Waals surface area contributed by atoms with Gasteiger partial charge in [-0.3, -0.25) is 14.5 Å². The molecule has 1 unspecified atom stereocenters. The maximum Gasteiger partial charge on any atom is 0.251 e. The molecule has 0 aliphatic rings. The first-order valence-electron chi connectivity index (χ1n) is 10.0. The fraction of sp³-hybridized carbons (Fsp3) is 0.250. The van der Waals surface area contributed by atoms with Crippen LogP contribution in [0, 0.1) is 5.82 Å². The molecule has 0 fully saturated rings. The highest BCUT2D eigenvalue weighted by molar-refractivity contribution is 5.93. The van der Waals surface area contributed by atoms with Gasteiger partial charge in [-0.1, -0.05) is 24.3 Å². The van der Waals surface area contributed by atoms with E-state index in [1.807, 2.05) is 36.1 Å². The highest BCUT2D eigenvalue weighted by Gasteiger charge is 2.16. The lowest BCUT2D eigenvalue weighted by Gasteiger charge is -2.22. The van der Waals surface area contributed by atoms with E-state index in [-0.39, 0.29) is 30.2 Å². The first-order chi connectivity index (χ1) is 14.9. The van der Waals surface area contributed by atoms with Crippen molar-refractivity contribution in [3.8, 4) is 0 Å². The van der Waals surface area contributed by atoms with Crippen molar-refractivity contribution < 1.29 is 18.4 Å². The van der Waals surface area contributed by atoms with Crippen molar-refractivity contribution in [3.63, 3.8) is 0 Å². The second kappa shape index (κ2) is 10.5. The largest absolute Gasteiger partial charge is 0.468 e. The third kappa shape index (κ3) is 6.52. The van der Waals surface area contributed by atoms with Gasteiger partial charge in [-0.15, -0.1) is 0 Å². The summed E-state index contributed by atoms with van der Waals surface area (Å²) in [4.78, 5) is 26.4. The molecule has 3 aromatic rings. The molecule has 1 atom stereocenters. The second-order valence-corrected chi connectivity index (χ2v) is 7.34. The monoisotopic (exact) mass is 423 g/mol. The van der Waals surface area contributed by atoms with Gasteiger partial charge >= 0.3 is 0 Å². The fourth-order valence-corrected chi connectivity index (χ4v) is 3.28. The molecule has 2 N–H and O–H groups in total. The van der Waals surface area contributed by atoms with E-state index in [4.69, 9.17) is 4.42 Å². The maximum absolute atomic E-state index is 13.1. The fourth-order valence-electron chi connectivity index (χ4n) is 3.28. The van der Waals surface area contributed by atoms with Crippen molar-refractivity contribution in [3.05, 3.63) is 95.2 Å². The normalized spacial score (nSPS) is 11.9. The molecule has 7 heteroatoms. The molecule has 0 spiro atoms. The quantitative estimate of drug-likeness (QED) is 0.551. The van der Waals surface area contributed by atoms with Crippen molar-refractivity contribution in [2.24, 2.45) is 0 Å². The smallest absolute Gasteiger partial charge is 0.251 e. The second-order valence-electron chi connectivity index (χ2n) is 7.34. The molecule has 2 amide bonds. The summed E-state index contributed by atoms with van der Waals surface area (Å²) < 4.78 is 18.6. The number of rotatable bonds is 9. The molecule has 0 aliphatic carbocycles. The molecular weight excluding hydrogens is 397 g/mol. The van der Waals surface area contributed by atoms with E-state index in [0.717, 1.165) is 16.9 Å². The van der Waals surface area contributed by atoms with E-state index in [1.54, 1.807) is 37.6 Å². The number of hydrogen-bond acceptors (Lipinski definition) is 4. The molecule has 31 heavy (non-hydrogen) atoms. The third-order valence-electron chi connectivity index (χ3n) is 4.92. The highest BCUT2D eigenvalue weighted by atomic mass is 19.1. The van der Waals surface area contributed by atoms with Crippen LogP contribution in [0.3, 0.4) is 0 Å². The predicted molar refractivity (Wildman–Crippen MR) is 116 cm³/mol. The van der Waals surface area contributed by atoms with Crippen LogP contribution in [-0.2, 0) is 17.9 Å². The van der Waals surface area contributed by atoms with Crippen LogP contribution in [0.15, 0.2) is 71.3 Å². The molecule has 0 aliphatic heterocycles. The zero-order chi connectivity index (χ0) is 22.2. The number of nitrogens with one attached hydrogen (secondary N) is 2. The molecule has 0 saturated carbocycles. The maximum atomic E-state index is 13.1. The molecule has 2 aromatic carbocycles. The number of nitrogens with zero attached hydrogens (tertiary/aromatic N) is 1. The lowest BCUT2D eigenvalue weighted by molar-refractivity contribution is -0.123. The molecule has 1 heterocycles. The van der Waals surface area contributed by atoms with Crippen LogP contribution in [0.2, 0.25) is 0 Å². The lowest BCUT2D eigenvalue weighted by atomic mass is 10.1. The van der Waals surface area contributed by atoms with Crippen molar-refractivity contribution >= 4 is 11.8 Å². The number of carbonyl (C=O) groups excluding carboxylic acids is 2. The van der Waals surface area contributed by atoms with Gasteiger partial charge in [0.25, 0.3) is 5.91 Å². The lowest BCUT2D eigenvalue weighted by Crippen LogP contribution is -2.37. The minimum absolute atomic E-state index is 0.145. The van der Waals surface area contributed by atoms with Crippen molar-refractivity contribution in [2.75, 3.05) is 13.6 Å². The Bertz CT molecular complexity index is 986. The summed E-state index contributed by atoms with van der Waals surface area (Å²) in [6.45, 7) is 2.98. The van der Waals surface area contributed by atoms with E-state index in [1.165, 1.54) is 12.1 Å². The molecule has 162 valence electrons. The van der Waals surface area contributed by atoms with Gasteiger partial charge in [0.2, 0.25) is 5.91 Å². The Morgan fingerprint density at radius 2 is 1.74 bits per heavy atom. The summed E-state index contributed by atoms with van der Waals surface area (Å²) in [5.74, 6) is 0.147. The van der Waals surface area contributed by atoms with Crippen molar-refractivity contribution in [1.29, 1.82) is 0 Å². The standard InChI is InChI=1S/C24H26FN3O3/c1-17(19-9-11-21(25)12-10-19)27-23(29)16-28(15-22-4-3-13-31-22)14-18-5-7-20(8-6-18)24(30)26-2/h3-13,17H,14-16H2,1-2H3,(H,26,30)(H,27,29). The van der Waals surface area contributed by atoms with Crippen LogP contribution >= 0.6 is 0 Å². The average Bonchev–Trinajstić information content (AvgIpc) is 3.27. The number of amides is 2. The van der Waals surface area contributed by atoms with Crippen molar-refractivity contribution in [1.82, 2.24) is 15.5 Å². The number of carbonyl (C=O) groups is 2. The van der Waals surface area contributed by atoms with Crippen LogP contribution in [0.1, 0.15) is 40.2 Å². The number of benzene rings is 2. The van der Waals surface area contributed by atoms with Crippen LogP contribution in [0.4, 0.5) is 4.39 Å². The van der Waals surface area contributed by atoms with Gasteiger partial charge in [0.05, 0.1) is 25.4 Å². The Morgan fingerprint density at radius 3 is 2.35 bits per heavy atom. The Morgan fingerprint density at radius 1 is 1.03 bits per heavy atom. The molecule has 6 nitrogen and oxygen atoms in total. The van der Waals surface area contributed by atoms with Gasteiger partial charge in [-0.2, -0.15) is 0 Å². The molecule has 3 rings (SSSR count). The van der Waals surface area contributed by atoms with Gasteiger partial charge in [-0.25, -0.2) is 4.39 Å². The summed E-state index contributed by atoms with van der Waals surface area (Å²) in [5, 5.41) is 5.55. The molecule has 0 saturated heterocycles. The minimum Gasteiger partial charge on any atom is -0.468 e. The number of furan rings is 1. The first-order valence-corrected chi connectivity index (χ1v) is 10.0. The van der Waals surface area contributed by atoms with Gasteiger partial charge in [0.15, 0.2) is 0 Å². The van der Waals surface area contributed by atoms with E-state index in [2.05, 4.69) is 10.6 Å². The SMILES string of the molecule is CNC(=O)c1ccc(CN(CC(=O)NC(C)c2ccc(F)cc2)Cc2ccco2)cc1. The first kappa shape index (κ1) is 22.2. The third-order valence-corrected chi connectivity index (χ3v) is 4.92. The zero-order valence-corrected chi connectivity index (χ0v) is 17.6. The summed E-state index contributed by atoms with van der Waals surface area (Å²) >= 11 is 0. The zero-order valence-electron chi connectivity index (χ0n) is 17.6. The summed E-state index contributed by atoms with van der Waals surface area (Å²) in [5.41, 5.74) is 2.38. The van der Waals surface area contributed by atoms with Crippen molar-refractivity contribution in [2.45, 2.75) is 26.1 Å². The summed E-state index contributed by atoms with van der Waals surface area (Å²) in [6, 6.07) is 16.8. The van der Waals surface area contributed by atoms with Crippen LogP contribution in [0.25, 0.3) is 0 Å². The summed E-state index contributed by atoms with van der Waals surface area (Å²) in [6.07, 6.45) is 1.60. The Kier molecular flexibility index (Phi) is 7.56. The summed E-state index contributed by atoms with van der Waals surface area (Å²) in [7, 11) is 1.59. The highest BCUT2D eigenvalue weighted by Crippen LogP contribution is 2.15. The molecule has 0 radical (unpaired) electrons. The number of halogens is 1. The predicted octanol–water partition coefficient (Wildman–Crippen LogP) is 3.66. The van der Waals surface area contributed by atoms with Crippen LogP contribution in [-0.4, -0.2) is 30.3 Å². The Balaban J connectivity index is 1.66. The van der Waals surface area contributed by atoms with Crippen LogP contribution < -0.4 is 10.6 Å². The van der Waals surface area contributed by atoms with E-state index < -0.39 is 0 Å². The topological polar surface area (TPSA) is 74.6 Å².